The van der Waals surface area contributed by atoms with E-state index in [1.807, 2.05) is 106 Å². The number of phenolic OH excluding ortho intramolecular Hbond substituents is 1. The number of aryl methyl sites for hydroxylation is 2. The van der Waals surface area contributed by atoms with Crippen LogP contribution in [-0.4, -0.2) is 19.6 Å². The Morgan fingerprint density at radius 3 is 2.03 bits per heavy atom. The maximum absolute atomic E-state index is 12.0. The number of rotatable bonds is 7. The number of pyridine rings is 1. The standard InChI is InChI=1S/C55H55N3O/c1-34(2)37-20-22-38(23-21-37)40-25-26-56-48(32-40)42-29-41(30-44(31-42)55(8,9)10)45-17-14-18-50-51(45)57-53(47-33-43(54(5,6)7)28-36(4)52(47)59)58(50)49-24-19-35(3)27-46(49)39-15-12-11-13-16-39/h11-34,59H,1-10H3/i3D3,34D. The number of para-hydroxylation sites is 1. The Kier molecular flexibility index (Phi) is 8.93. The first-order valence-corrected chi connectivity index (χ1v) is 20.4. The topological polar surface area (TPSA) is 50.9 Å². The van der Waals surface area contributed by atoms with E-state index in [9.17, 15) is 5.11 Å². The lowest BCUT2D eigenvalue weighted by Crippen LogP contribution is -2.12. The highest BCUT2D eigenvalue weighted by Gasteiger charge is 2.26. The van der Waals surface area contributed by atoms with Gasteiger partial charge in [0.25, 0.3) is 0 Å². The molecule has 0 amide bonds. The van der Waals surface area contributed by atoms with Crippen molar-refractivity contribution in [3.63, 3.8) is 0 Å². The smallest absolute Gasteiger partial charge is 0.149 e. The largest absolute Gasteiger partial charge is 0.507 e. The molecule has 6 aromatic carbocycles. The number of imidazole rings is 1. The average Bonchev–Trinajstić information content (AvgIpc) is 3.62. The summed E-state index contributed by atoms with van der Waals surface area (Å²) in [7, 11) is 0. The first kappa shape index (κ1) is 34.8. The molecular weight excluding hydrogens is 719 g/mol. The third kappa shape index (κ3) is 7.72. The Hall–Kier alpha value is -6.26. The molecule has 0 bridgehead atoms. The van der Waals surface area contributed by atoms with Crippen molar-refractivity contribution in [2.75, 3.05) is 0 Å². The minimum atomic E-state index is -2.32. The van der Waals surface area contributed by atoms with Crippen molar-refractivity contribution in [1.29, 1.82) is 0 Å². The monoisotopic (exact) mass is 777 g/mol. The second-order valence-corrected chi connectivity index (χ2v) is 18.0. The number of benzene rings is 6. The van der Waals surface area contributed by atoms with Gasteiger partial charge in [0.1, 0.15) is 11.6 Å². The van der Waals surface area contributed by atoms with Crippen LogP contribution in [0.25, 0.3) is 72.7 Å². The molecule has 2 aromatic heterocycles. The van der Waals surface area contributed by atoms with Crippen molar-refractivity contribution in [3.05, 3.63) is 167 Å². The highest BCUT2D eigenvalue weighted by atomic mass is 16.3. The predicted octanol–water partition coefficient (Wildman–Crippen LogP) is 14.8. The minimum absolute atomic E-state index is 0.141. The van der Waals surface area contributed by atoms with E-state index in [4.69, 9.17) is 15.5 Å². The molecule has 0 unspecified atom stereocenters. The Morgan fingerprint density at radius 1 is 0.627 bits per heavy atom. The fraction of sp³-hybridized carbons (Fsp3) is 0.236. The zero-order valence-electron chi connectivity index (χ0n) is 39.6. The number of fused-ring (bicyclic) bond motifs is 1. The van der Waals surface area contributed by atoms with Gasteiger partial charge in [0.2, 0.25) is 0 Å². The summed E-state index contributed by atoms with van der Waals surface area (Å²) in [4.78, 5) is 10.4. The van der Waals surface area contributed by atoms with E-state index in [2.05, 4.69) is 88.6 Å². The van der Waals surface area contributed by atoms with Gasteiger partial charge in [-0.05, 0) is 124 Å². The highest BCUT2D eigenvalue weighted by Crippen LogP contribution is 2.43. The Bertz CT molecular complexity index is 3000. The lowest BCUT2D eigenvalue weighted by atomic mass is 9.83. The molecule has 0 radical (unpaired) electrons. The van der Waals surface area contributed by atoms with Gasteiger partial charge in [-0.2, -0.15) is 0 Å². The van der Waals surface area contributed by atoms with Gasteiger partial charge in [0.15, 0.2) is 0 Å². The second kappa shape index (κ2) is 15.2. The zero-order chi connectivity index (χ0) is 45.2. The van der Waals surface area contributed by atoms with Crippen LogP contribution in [0.1, 0.15) is 94.6 Å². The van der Waals surface area contributed by atoms with Gasteiger partial charge < -0.3 is 5.11 Å². The van der Waals surface area contributed by atoms with Crippen LogP contribution in [0.2, 0.25) is 0 Å². The molecule has 59 heavy (non-hydrogen) atoms. The summed E-state index contributed by atoms with van der Waals surface area (Å²) in [5.41, 5.74) is 14.0. The third-order valence-electron chi connectivity index (χ3n) is 11.4. The van der Waals surface area contributed by atoms with Crippen LogP contribution < -0.4 is 0 Å². The van der Waals surface area contributed by atoms with Crippen molar-refractivity contribution >= 4 is 11.0 Å². The summed E-state index contributed by atoms with van der Waals surface area (Å²) in [6, 6.07) is 44.4. The van der Waals surface area contributed by atoms with Crippen molar-refractivity contribution in [2.45, 2.75) is 85.9 Å². The van der Waals surface area contributed by atoms with Crippen LogP contribution in [0, 0.1) is 13.8 Å². The summed E-state index contributed by atoms with van der Waals surface area (Å²) in [6.07, 6.45) is 1.85. The first-order valence-electron chi connectivity index (χ1n) is 22.4. The molecule has 8 rings (SSSR count). The maximum atomic E-state index is 12.0. The molecular formula is C55H55N3O. The molecule has 0 fully saturated rings. The van der Waals surface area contributed by atoms with Crippen molar-refractivity contribution in [2.24, 2.45) is 0 Å². The molecule has 1 N–H and O–H groups in total. The molecule has 0 saturated carbocycles. The summed E-state index contributed by atoms with van der Waals surface area (Å²) in [6.45, 7) is 16.5. The lowest BCUT2D eigenvalue weighted by Gasteiger charge is -2.22. The van der Waals surface area contributed by atoms with E-state index in [1.165, 1.54) is 0 Å². The molecule has 0 aliphatic heterocycles. The molecule has 0 saturated heterocycles. The molecule has 296 valence electrons. The van der Waals surface area contributed by atoms with E-state index in [0.29, 0.717) is 11.4 Å². The minimum Gasteiger partial charge on any atom is -0.507 e. The van der Waals surface area contributed by atoms with Crippen LogP contribution in [0.15, 0.2) is 140 Å². The highest BCUT2D eigenvalue weighted by molar-refractivity contribution is 5.98. The van der Waals surface area contributed by atoms with Crippen LogP contribution >= 0.6 is 0 Å². The van der Waals surface area contributed by atoms with Gasteiger partial charge in [0, 0.05) is 28.4 Å². The Labute approximate surface area is 355 Å². The number of hydrogen-bond donors (Lipinski definition) is 1. The van der Waals surface area contributed by atoms with E-state index >= 15 is 0 Å². The van der Waals surface area contributed by atoms with Gasteiger partial charge in [-0.15, -0.1) is 0 Å². The fourth-order valence-electron chi connectivity index (χ4n) is 7.85. The average molecular weight is 778 g/mol. The summed E-state index contributed by atoms with van der Waals surface area (Å²) >= 11 is 0. The van der Waals surface area contributed by atoms with Gasteiger partial charge in [0.05, 0.1) is 28.0 Å². The van der Waals surface area contributed by atoms with E-state index in [-0.39, 0.29) is 22.1 Å². The van der Waals surface area contributed by atoms with Crippen LogP contribution in [0.5, 0.6) is 5.75 Å². The van der Waals surface area contributed by atoms with Gasteiger partial charge >= 0.3 is 0 Å². The molecule has 4 nitrogen and oxygen atoms in total. The molecule has 0 aliphatic carbocycles. The molecule has 0 atom stereocenters. The number of hydrogen-bond acceptors (Lipinski definition) is 3. The normalized spacial score (nSPS) is 13.5. The third-order valence-corrected chi connectivity index (χ3v) is 11.4. The van der Waals surface area contributed by atoms with Crippen molar-refractivity contribution in [3.8, 4) is 67.5 Å². The van der Waals surface area contributed by atoms with E-state index in [0.717, 1.165) is 83.6 Å². The zero-order valence-corrected chi connectivity index (χ0v) is 35.6. The van der Waals surface area contributed by atoms with Gasteiger partial charge in [-0.3, -0.25) is 9.55 Å². The van der Waals surface area contributed by atoms with Crippen LogP contribution in [0.4, 0.5) is 0 Å². The quantitative estimate of drug-likeness (QED) is 0.175. The number of nitrogens with zero attached hydrogens (tertiary/aromatic N) is 3. The van der Waals surface area contributed by atoms with E-state index in [1.54, 1.807) is 12.1 Å². The molecule has 4 heteroatoms. The molecule has 0 aliphatic rings. The van der Waals surface area contributed by atoms with Crippen molar-refractivity contribution in [1.82, 2.24) is 14.5 Å². The number of aromatic hydroxyl groups is 1. The molecule has 0 spiro atoms. The second-order valence-electron chi connectivity index (χ2n) is 18.0. The summed E-state index contributed by atoms with van der Waals surface area (Å²) in [5.74, 6) is 0.00185. The maximum Gasteiger partial charge on any atom is 0.149 e. The van der Waals surface area contributed by atoms with Crippen molar-refractivity contribution < 1.29 is 10.6 Å². The fourth-order valence-corrected chi connectivity index (χ4v) is 7.85. The molecule has 2 heterocycles. The van der Waals surface area contributed by atoms with Gasteiger partial charge in [-0.1, -0.05) is 146 Å². The molecule has 8 aromatic rings. The van der Waals surface area contributed by atoms with Gasteiger partial charge in [-0.25, -0.2) is 4.98 Å². The Morgan fingerprint density at radius 2 is 1.34 bits per heavy atom. The SMILES string of the molecule is [2H]C([2H])([2H])c1ccc(-n2c(-c3cc(C(C)(C)C)cc(C)c3O)nc3c(-c4cc(-c5cc(-c6ccc(C([2H])(C)C)cc6)ccn5)cc(C(C)(C)C)c4)cccc32)c(-c2ccccc2)c1. The summed E-state index contributed by atoms with van der Waals surface area (Å²) < 4.78 is 35.6. The van der Waals surface area contributed by atoms with Crippen LogP contribution in [-0.2, 0) is 10.8 Å². The first-order chi connectivity index (χ1) is 29.6. The number of phenols is 1. The van der Waals surface area contributed by atoms with Crippen LogP contribution in [0.3, 0.4) is 0 Å². The predicted molar refractivity (Wildman–Crippen MR) is 249 cm³/mol. The lowest BCUT2D eigenvalue weighted by molar-refractivity contribution is 0.471. The Balaban J connectivity index is 1.40. The summed E-state index contributed by atoms with van der Waals surface area (Å²) in [5, 5.41) is 12.0. The number of aromatic nitrogens is 3. The van der Waals surface area contributed by atoms with E-state index < -0.39 is 12.7 Å².